The molecule has 2 rings (SSSR count). The van der Waals surface area contributed by atoms with E-state index in [1.165, 1.54) is 12.8 Å². The molecule has 2 N–H and O–H groups in total. The Morgan fingerprint density at radius 3 is 2.31 bits per heavy atom. The molecule has 0 aromatic rings. The third-order valence-electron chi connectivity index (χ3n) is 2.93. The van der Waals surface area contributed by atoms with Gasteiger partial charge in [-0.1, -0.05) is 0 Å². The minimum absolute atomic E-state index is 0.150. The van der Waals surface area contributed by atoms with E-state index in [2.05, 4.69) is 18.7 Å². The molecule has 13 heavy (non-hydrogen) atoms. The van der Waals surface area contributed by atoms with Crippen LogP contribution in [0.4, 0.5) is 0 Å². The molecule has 1 saturated heterocycles. The number of nitrogens with two attached hydrogens (primary N) is 1. The van der Waals surface area contributed by atoms with Gasteiger partial charge in [0, 0.05) is 25.2 Å². The third kappa shape index (κ3) is 2.42. The summed E-state index contributed by atoms with van der Waals surface area (Å²) in [4.78, 5) is 2.45. The maximum Gasteiger partial charge on any atom is 0.0678 e. The first-order valence-corrected chi connectivity index (χ1v) is 5.24. The molecule has 0 amide bonds. The van der Waals surface area contributed by atoms with Crippen molar-refractivity contribution in [2.45, 2.75) is 44.4 Å². The second kappa shape index (κ2) is 3.23. The fraction of sp³-hybridized carbons (Fsp3) is 1.00. The molecule has 3 heteroatoms. The number of morpholine rings is 1. The molecule has 2 aliphatic rings. The van der Waals surface area contributed by atoms with Crippen LogP contribution < -0.4 is 5.73 Å². The summed E-state index contributed by atoms with van der Waals surface area (Å²) in [6, 6.07) is 0. The van der Waals surface area contributed by atoms with Gasteiger partial charge in [0.1, 0.15) is 0 Å². The molecule has 0 spiro atoms. The quantitative estimate of drug-likeness (QED) is 0.682. The van der Waals surface area contributed by atoms with Crippen LogP contribution in [0.15, 0.2) is 0 Å². The molecule has 76 valence electrons. The zero-order chi connectivity index (χ0) is 9.47. The van der Waals surface area contributed by atoms with Gasteiger partial charge in [0.15, 0.2) is 0 Å². The van der Waals surface area contributed by atoms with Gasteiger partial charge in [-0.05, 0) is 26.7 Å². The predicted octanol–water partition coefficient (Wildman–Crippen LogP) is 0.587. The van der Waals surface area contributed by atoms with Crippen molar-refractivity contribution in [3.8, 4) is 0 Å². The van der Waals surface area contributed by atoms with E-state index < -0.39 is 0 Å². The van der Waals surface area contributed by atoms with Crippen molar-refractivity contribution in [1.82, 2.24) is 4.90 Å². The highest BCUT2D eigenvalue weighted by molar-refractivity contribution is 5.01. The van der Waals surface area contributed by atoms with Crippen LogP contribution in [0.2, 0.25) is 0 Å². The summed E-state index contributed by atoms with van der Waals surface area (Å²) in [6.45, 7) is 7.43. The monoisotopic (exact) mass is 184 g/mol. The summed E-state index contributed by atoms with van der Waals surface area (Å²) in [5.74, 6) is 0. The second-order valence-corrected chi connectivity index (χ2v) is 4.81. The molecule has 1 aliphatic heterocycles. The van der Waals surface area contributed by atoms with Gasteiger partial charge in [0.2, 0.25) is 0 Å². The molecule has 2 fully saturated rings. The van der Waals surface area contributed by atoms with Gasteiger partial charge in [-0.15, -0.1) is 0 Å². The number of ether oxygens (including phenoxy) is 1. The maximum atomic E-state index is 6.09. The highest BCUT2D eigenvalue weighted by Crippen LogP contribution is 2.33. The molecule has 1 heterocycles. The Kier molecular flexibility index (Phi) is 2.34. The van der Waals surface area contributed by atoms with E-state index >= 15 is 0 Å². The van der Waals surface area contributed by atoms with E-state index in [0.717, 1.165) is 19.6 Å². The average Bonchev–Trinajstić information content (AvgIpc) is 2.64. The summed E-state index contributed by atoms with van der Waals surface area (Å²) >= 11 is 0. The second-order valence-electron chi connectivity index (χ2n) is 4.81. The van der Waals surface area contributed by atoms with Gasteiger partial charge in [-0.3, -0.25) is 4.90 Å². The summed E-state index contributed by atoms with van der Waals surface area (Å²) in [6.07, 6.45) is 3.14. The van der Waals surface area contributed by atoms with Gasteiger partial charge < -0.3 is 10.5 Å². The Morgan fingerprint density at radius 2 is 1.85 bits per heavy atom. The summed E-state index contributed by atoms with van der Waals surface area (Å²) in [5.41, 5.74) is 6.24. The SMILES string of the molecule is C[C@@H]1CN(CC2(N)CC2)C[C@H](C)O1. The van der Waals surface area contributed by atoms with Crippen molar-refractivity contribution >= 4 is 0 Å². The van der Waals surface area contributed by atoms with Gasteiger partial charge >= 0.3 is 0 Å². The van der Waals surface area contributed by atoms with E-state index in [9.17, 15) is 0 Å². The van der Waals surface area contributed by atoms with Crippen LogP contribution in [0.1, 0.15) is 26.7 Å². The zero-order valence-electron chi connectivity index (χ0n) is 8.62. The molecule has 1 aliphatic carbocycles. The fourth-order valence-corrected chi connectivity index (χ4v) is 2.18. The highest BCUT2D eigenvalue weighted by Gasteiger charge is 2.40. The molecule has 3 nitrogen and oxygen atoms in total. The molecular weight excluding hydrogens is 164 g/mol. The van der Waals surface area contributed by atoms with Gasteiger partial charge in [0.25, 0.3) is 0 Å². The number of hydrogen-bond donors (Lipinski definition) is 1. The average molecular weight is 184 g/mol. The van der Waals surface area contributed by atoms with E-state index in [1.807, 2.05) is 0 Å². The smallest absolute Gasteiger partial charge is 0.0678 e. The summed E-state index contributed by atoms with van der Waals surface area (Å²) in [5, 5.41) is 0. The number of rotatable bonds is 2. The Morgan fingerprint density at radius 1 is 1.31 bits per heavy atom. The van der Waals surface area contributed by atoms with Crippen molar-refractivity contribution in [3.05, 3.63) is 0 Å². The normalized spacial score (nSPS) is 39.0. The first-order valence-electron chi connectivity index (χ1n) is 5.24. The largest absolute Gasteiger partial charge is 0.373 e. The molecule has 0 radical (unpaired) electrons. The molecule has 2 atom stereocenters. The minimum atomic E-state index is 0.150. The Hall–Kier alpha value is -0.120. The summed E-state index contributed by atoms with van der Waals surface area (Å²) in [7, 11) is 0. The van der Waals surface area contributed by atoms with Crippen LogP contribution in [-0.4, -0.2) is 42.3 Å². The topological polar surface area (TPSA) is 38.5 Å². The predicted molar refractivity (Wildman–Crippen MR) is 52.6 cm³/mol. The lowest BCUT2D eigenvalue weighted by atomic mass is 10.2. The Bertz CT molecular complexity index is 181. The maximum absolute atomic E-state index is 6.09. The lowest BCUT2D eigenvalue weighted by Crippen LogP contribution is -2.50. The molecule has 1 saturated carbocycles. The van der Waals surface area contributed by atoms with Crippen molar-refractivity contribution in [3.63, 3.8) is 0 Å². The van der Waals surface area contributed by atoms with Gasteiger partial charge in [0.05, 0.1) is 12.2 Å². The van der Waals surface area contributed by atoms with E-state index in [-0.39, 0.29) is 5.54 Å². The van der Waals surface area contributed by atoms with Crippen LogP contribution in [0.3, 0.4) is 0 Å². The van der Waals surface area contributed by atoms with Crippen molar-refractivity contribution in [2.24, 2.45) is 5.73 Å². The van der Waals surface area contributed by atoms with Crippen LogP contribution in [0.25, 0.3) is 0 Å². The van der Waals surface area contributed by atoms with Crippen LogP contribution >= 0.6 is 0 Å². The standard InChI is InChI=1S/C10H20N2O/c1-8-5-12(6-9(2)13-8)7-10(11)3-4-10/h8-9H,3-7,11H2,1-2H3/t8-,9+. The third-order valence-corrected chi connectivity index (χ3v) is 2.93. The van der Waals surface area contributed by atoms with Crippen molar-refractivity contribution in [2.75, 3.05) is 19.6 Å². The van der Waals surface area contributed by atoms with E-state index in [0.29, 0.717) is 12.2 Å². The van der Waals surface area contributed by atoms with Crippen LogP contribution in [-0.2, 0) is 4.74 Å². The van der Waals surface area contributed by atoms with Crippen molar-refractivity contribution in [1.29, 1.82) is 0 Å². The van der Waals surface area contributed by atoms with Gasteiger partial charge in [-0.2, -0.15) is 0 Å². The molecular formula is C10H20N2O. The lowest BCUT2D eigenvalue weighted by molar-refractivity contribution is -0.0697. The van der Waals surface area contributed by atoms with E-state index in [1.54, 1.807) is 0 Å². The van der Waals surface area contributed by atoms with E-state index in [4.69, 9.17) is 10.5 Å². The van der Waals surface area contributed by atoms with Crippen LogP contribution in [0, 0.1) is 0 Å². The zero-order valence-corrected chi connectivity index (χ0v) is 8.62. The highest BCUT2D eigenvalue weighted by atomic mass is 16.5. The number of nitrogens with zero attached hydrogens (tertiary/aromatic N) is 1. The van der Waals surface area contributed by atoms with Crippen LogP contribution in [0.5, 0.6) is 0 Å². The lowest BCUT2D eigenvalue weighted by Gasteiger charge is -2.36. The molecule has 0 bridgehead atoms. The first-order chi connectivity index (χ1) is 6.07. The molecule has 0 unspecified atom stereocenters. The Balaban J connectivity index is 1.84. The molecule has 0 aromatic carbocycles. The minimum Gasteiger partial charge on any atom is -0.373 e. The molecule has 0 aromatic heterocycles. The van der Waals surface area contributed by atoms with Gasteiger partial charge in [-0.25, -0.2) is 0 Å². The fourth-order valence-electron chi connectivity index (χ4n) is 2.18. The van der Waals surface area contributed by atoms with Crippen molar-refractivity contribution < 1.29 is 4.74 Å². The first kappa shape index (κ1) is 9.44. The Labute approximate surface area is 80.2 Å². The number of hydrogen-bond acceptors (Lipinski definition) is 3. The summed E-state index contributed by atoms with van der Waals surface area (Å²) < 4.78 is 5.67.